The van der Waals surface area contributed by atoms with E-state index in [4.69, 9.17) is 0 Å². The van der Waals surface area contributed by atoms with Gasteiger partial charge in [-0.2, -0.15) is 0 Å². The molecular weight excluding hydrogens is 401 g/mol. The summed E-state index contributed by atoms with van der Waals surface area (Å²) >= 11 is 0. The molecule has 0 unspecified atom stereocenters. The molecule has 0 radical (unpaired) electrons. The van der Waals surface area contributed by atoms with Gasteiger partial charge in [0, 0.05) is 31.9 Å². The van der Waals surface area contributed by atoms with Crippen LogP contribution in [0.3, 0.4) is 0 Å². The molecule has 7 heteroatoms. The molecule has 0 atom stereocenters. The maximum absolute atomic E-state index is 13.0. The lowest BCUT2D eigenvalue weighted by Crippen LogP contribution is -2.35. The second-order valence-corrected chi connectivity index (χ2v) is 9.96. The van der Waals surface area contributed by atoms with Gasteiger partial charge in [-0.25, -0.2) is 12.8 Å². The van der Waals surface area contributed by atoms with Gasteiger partial charge in [0.15, 0.2) is 0 Å². The van der Waals surface area contributed by atoms with E-state index in [2.05, 4.69) is 26.5 Å². The molecule has 0 amide bonds. The zero-order valence-corrected chi connectivity index (χ0v) is 18.0. The third kappa shape index (κ3) is 4.84. The lowest BCUT2D eigenvalue weighted by atomic mass is 10.0. The lowest BCUT2D eigenvalue weighted by molar-refractivity contribution is 0.190. The molecule has 160 valence electrons. The smallest absolute Gasteiger partial charge is 0.232 e. The third-order valence-corrected chi connectivity index (χ3v) is 7.26. The van der Waals surface area contributed by atoms with Crippen LogP contribution >= 0.6 is 0 Å². The van der Waals surface area contributed by atoms with E-state index in [1.54, 1.807) is 6.92 Å². The van der Waals surface area contributed by atoms with Gasteiger partial charge < -0.3 is 9.47 Å². The molecule has 0 bridgehead atoms. The van der Waals surface area contributed by atoms with Crippen LogP contribution in [0.2, 0.25) is 0 Å². The highest BCUT2D eigenvalue weighted by molar-refractivity contribution is 7.92. The highest BCUT2D eigenvalue weighted by Crippen LogP contribution is 2.29. The Hall–Kier alpha value is -2.38. The number of hydrogen-bond donors (Lipinski definition) is 1. The minimum atomic E-state index is -3.29. The first-order chi connectivity index (χ1) is 14.4. The topological polar surface area (TPSA) is 54.3 Å². The van der Waals surface area contributed by atoms with Crippen molar-refractivity contribution in [2.75, 3.05) is 30.1 Å². The van der Waals surface area contributed by atoms with E-state index < -0.39 is 10.0 Å². The molecule has 1 N–H and O–H groups in total. The molecule has 2 aromatic carbocycles. The maximum atomic E-state index is 13.0. The number of fused-ring (bicyclic) bond motifs is 1. The summed E-state index contributed by atoms with van der Waals surface area (Å²) in [7, 11) is -3.29. The summed E-state index contributed by atoms with van der Waals surface area (Å²) in [5.41, 5.74) is 2.84. The van der Waals surface area contributed by atoms with E-state index in [1.807, 2.05) is 30.3 Å². The minimum Gasteiger partial charge on any atom is -0.344 e. The number of rotatable bonds is 7. The molecule has 30 heavy (non-hydrogen) atoms. The van der Waals surface area contributed by atoms with E-state index in [0.29, 0.717) is 11.7 Å². The van der Waals surface area contributed by atoms with Gasteiger partial charge in [-0.05, 0) is 67.5 Å². The van der Waals surface area contributed by atoms with Crippen LogP contribution in [-0.2, 0) is 16.4 Å². The first kappa shape index (κ1) is 20.9. The number of sulfonamides is 1. The van der Waals surface area contributed by atoms with E-state index in [1.165, 1.54) is 12.1 Å². The Labute approximate surface area is 177 Å². The molecule has 4 rings (SSSR count). The van der Waals surface area contributed by atoms with Crippen LogP contribution in [0.5, 0.6) is 0 Å². The highest BCUT2D eigenvalue weighted by Gasteiger charge is 2.21. The zero-order valence-electron chi connectivity index (χ0n) is 17.2. The van der Waals surface area contributed by atoms with Crippen LogP contribution in [0, 0.1) is 5.82 Å². The quantitative estimate of drug-likeness (QED) is 0.605. The fraction of sp³-hybridized carbons (Fsp3) is 0.391. The molecule has 0 saturated carbocycles. The van der Waals surface area contributed by atoms with Crippen molar-refractivity contribution in [1.29, 1.82) is 0 Å². The predicted octanol–water partition coefficient (Wildman–Crippen LogP) is 4.42. The summed E-state index contributed by atoms with van der Waals surface area (Å²) in [5.74, 6) is -0.133. The highest BCUT2D eigenvalue weighted by atomic mass is 32.2. The van der Waals surface area contributed by atoms with Crippen LogP contribution < -0.4 is 4.72 Å². The standard InChI is InChI=1S/C23H28FN3O2S/c1-2-30(28,29)25-21-8-5-19-10-16-27(23(19)17-21)22-11-14-26(15-12-22)13-9-18-3-6-20(24)7-4-18/h3-8,10,16-17,22,25H,2,9,11-15H2,1H3. The Bertz CT molecular complexity index is 1100. The fourth-order valence-electron chi connectivity index (χ4n) is 4.14. The van der Waals surface area contributed by atoms with Crippen LogP contribution in [-0.4, -0.2) is 43.3 Å². The van der Waals surface area contributed by atoms with Crippen molar-refractivity contribution >= 4 is 26.6 Å². The van der Waals surface area contributed by atoms with Gasteiger partial charge in [-0.15, -0.1) is 0 Å². The number of likely N-dealkylation sites (tertiary alicyclic amines) is 1. The van der Waals surface area contributed by atoms with Crippen molar-refractivity contribution in [1.82, 2.24) is 9.47 Å². The molecule has 1 aliphatic rings. The SMILES string of the molecule is CCS(=O)(=O)Nc1ccc2ccn(C3CCN(CCc4ccc(F)cc4)CC3)c2c1. The number of benzene rings is 2. The number of piperidine rings is 1. The molecule has 1 fully saturated rings. The molecule has 1 aromatic heterocycles. The minimum absolute atomic E-state index is 0.0580. The largest absolute Gasteiger partial charge is 0.344 e. The Kier molecular flexibility index (Phi) is 6.11. The van der Waals surface area contributed by atoms with Crippen molar-refractivity contribution < 1.29 is 12.8 Å². The number of anilines is 1. The van der Waals surface area contributed by atoms with Crippen molar-refractivity contribution in [3.8, 4) is 0 Å². The van der Waals surface area contributed by atoms with Crippen molar-refractivity contribution in [2.24, 2.45) is 0 Å². The Morgan fingerprint density at radius 1 is 1.07 bits per heavy atom. The number of hydrogen-bond acceptors (Lipinski definition) is 3. The van der Waals surface area contributed by atoms with Gasteiger partial charge in [0.25, 0.3) is 0 Å². The molecular formula is C23H28FN3O2S. The summed E-state index contributed by atoms with van der Waals surface area (Å²) in [4.78, 5) is 2.46. The zero-order chi connectivity index (χ0) is 21.1. The van der Waals surface area contributed by atoms with Crippen molar-refractivity contribution in [3.05, 3.63) is 66.1 Å². The van der Waals surface area contributed by atoms with E-state index in [0.717, 1.165) is 55.4 Å². The fourth-order valence-corrected chi connectivity index (χ4v) is 4.77. The summed E-state index contributed by atoms with van der Waals surface area (Å²) in [6.07, 6.45) is 5.15. The Morgan fingerprint density at radius 2 is 1.80 bits per heavy atom. The van der Waals surface area contributed by atoms with Gasteiger partial charge in [-0.1, -0.05) is 18.2 Å². The van der Waals surface area contributed by atoms with Gasteiger partial charge in [0.05, 0.1) is 17.0 Å². The average Bonchev–Trinajstić information content (AvgIpc) is 3.17. The maximum Gasteiger partial charge on any atom is 0.232 e. The van der Waals surface area contributed by atoms with Gasteiger partial charge >= 0.3 is 0 Å². The third-order valence-electron chi connectivity index (χ3n) is 5.96. The van der Waals surface area contributed by atoms with Crippen molar-refractivity contribution in [3.63, 3.8) is 0 Å². The number of halogens is 1. The monoisotopic (exact) mass is 429 g/mol. The molecule has 1 saturated heterocycles. The summed E-state index contributed by atoms with van der Waals surface area (Å²) < 4.78 is 41.8. The van der Waals surface area contributed by atoms with Crippen LogP contribution in [0.25, 0.3) is 10.9 Å². The normalized spacial score (nSPS) is 16.2. The number of nitrogens with zero attached hydrogens (tertiary/aromatic N) is 2. The van der Waals surface area contributed by atoms with Gasteiger partial charge in [-0.3, -0.25) is 4.72 Å². The molecule has 0 spiro atoms. The van der Waals surface area contributed by atoms with Gasteiger partial charge in [0.1, 0.15) is 5.82 Å². The molecule has 1 aliphatic heterocycles. The number of nitrogens with one attached hydrogen (secondary N) is 1. The second-order valence-electron chi connectivity index (χ2n) is 7.95. The molecule has 0 aliphatic carbocycles. The Balaban J connectivity index is 1.39. The van der Waals surface area contributed by atoms with E-state index in [9.17, 15) is 12.8 Å². The Morgan fingerprint density at radius 3 is 2.50 bits per heavy atom. The van der Waals surface area contributed by atoms with E-state index >= 15 is 0 Å². The summed E-state index contributed by atoms with van der Waals surface area (Å²) in [5, 5.41) is 1.12. The first-order valence-electron chi connectivity index (χ1n) is 10.5. The summed E-state index contributed by atoms with van der Waals surface area (Å²) in [6, 6.07) is 15.0. The van der Waals surface area contributed by atoms with E-state index in [-0.39, 0.29) is 11.6 Å². The van der Waals surface area contributed by atoms with Gasteiger partial charge in [0.2, 0.25) is 10.0 Å². The summed E-state index contributed by atoms with van der Waals surface area (Å²) in [6.45, 7) is 4.66. The second kappa shape index (κ2) is 8.78. The molecule has 3 aromatic rings. The lowest BCUT2D eigenvalue weighted by Gasteiger charge is -2.33. The average molecular weight is 430 g/mol. The molecule has 5 nitrogen and oxygen atoms in total. The van der Waals surface area contributed by atoms with Crippen LogP contribution in [0.15, 0.2) is 54.7 Å². The van der Waals surface area contributed by atoms with Crippen LogP contribution in [0.4, 0.5) is 10.1 Å². The van der Waals surface area contributed by atoms with Crippen molar-refractivity contribution in [2.45, 2.75) is 32.2 Å². The predicted molar refractivity (Wildman–Crippen MR) is 120 cm³/mol. The molecule has 2 heterocycles. The number of aromatic nitrogens is 1. The first-order valence-corrected chi connectivity index (χ1v) is 12.2. The van der Waals surface area contributed by atoms with Crippen LogP contribution in [0.1, 0.15) is 31.4 Å².